The summed E-state index contributed by atoms with van der Waals surface area (Å²) in [6.07, 6.45) is -0.0507. The van der Waals surface area contributed by atoms with Gasteiger partial charge in [-0.25, -0.2) is 0 Å². The third-order valence-corrected chi connectivity index (χ3v) is 3.61. The summed E-state index contributed by atoms with van der Waals surface area (Å²) in [6.45, 7) is 8.01. The number of carboxylic acid groups (broad SMARTS) is 1. The number of carboxylic acids is 1. The molecule has 1 aromatic carbocycles. The van der Waals surface area contributed by atoms with Crippen LogP contribution in [0.4, 0.5) is 5.69 Å². The molecule has 20 heavy (non-hydrogen) atoms. The topological polar surface area (TPSA) is 57.6 Å². The van der Waals surface area contributed by atoms with Gasteiger partial charge in [-0.1, -0.05) is 39.0 Å². The zero-order chi connectivity index (χ0) is 15.3. The van der Waals surface area contributed by atoms with Gasteiger partial charge in [0.05, 0.1) is 6.42 Å². The Kier molecular flexibility index (Phi) is 5.74. The second kappa shape index (κ2) is 7.08. The summed E-state index contributed by atoms with van der Waals surface area (Å²) in [5, 5.41) is 8.87. The Hall–Kier alpha value is -1.84. The summed E-state index contributed by atoms with van der Waals surface area (Å²) in [6, 6.07) is 7.56. The first-order valence-corrected chi connectivity index (χ1v) is 6.93. The molecule has 0 spiro atoms. The molecule has 0 aliphatic carbocycles. The van der Waals surface area contributed by atoms with Crippen molar-refractivity contribution in [2.75, 3.05) is 11.4 Å². The van der Waals surface area contributed by atoms with Crippen LogP contribution >= 0.6 is 0 Å². The highest BCUT2D eigenvalue weighted by Crippen LogP contribution is 2.24. The van der Waals surface area contributed by atoms with Crippen LogP contribution in [0.25, 0.3) is 0 Å². The SMILES string of the molecule is Cc1ccccc1N(CCC(=O)O)C(=O)C(C)C(C)C. The standard InChI is InChI=1S/C16H23NO3/c1-11(2)13(4)16(20)17(10-9-15(18)19)14-8-6-5-7-12(14)3/h5-8,11,13H,9-10H2,1-4H3,(H,18,19). The number of rotatable bonds is 6. The number of carbonyl (C=O) groups excluding carboxylic acids is 1. The first-order valence-electron chi connectivity index (χ1n) is 6.93. The monoisotopic (exact) mass is 277 g/mol. The van der Waals surface area contributed by atoms with Gasteiger partial charge < -0.3 is 10.0 Å². The van der Waals surface area contributed by atoms with Crippen molar-refractivity contribution in [1.82, 2.24) is 0 Å². The molecular weight excluding hydrogens is 254 g/mol. The molecule has 1 aromatic rings. The normalized spacial score (nSPS) is 12.2. The van der Waals surface area contributed by atoms with Gasteiger partial charge in [-0.2, -0.15) is 0 Å². The van der Waals surface area contributed by atoms with Crippen LogP contribution in [-0.2, 0) is 9.59 Å². The number of anilines is 1. The van der Waals surface area contributed by atoms with Crippen LogP contribution in [0.2, 0.25) is 0 Å². The van der Waals surface area contributed by atoms with Gasteiger partial charge >= 0.3 is 5.97 Å². The Morgan fingerprint density at radius 3 is 2.30 bits per heavy atom. The van der Waals surface area contributed by atoms with Crippen molar-refractivity contribution < 1.29 is 14.7 Å². The highest BCUT2D eigenvalue weighted by Gasteiger charge is 2.25. The molecule has 0 radical (unpaired) electrons. The van der Waals surface area contributed by atoms with E-state index in [2.05, 4.69) is 0 Å². The van der Waals surface area contributed by atoms with E-state index in [1.54, 1.807) is 4.90 Å². The summed E-state index contributed by atoms with van der Waals surface area (Å²) in [4.78, 5) is 25.0. The molecule has 0 saturated carbocycles. The maximum Gasteiger partial charge on any atom is 0.305 e. The lowest BCUT2D eigenvalue weighted by molar-refractivity contribution is -0.136. The number of amides is 1. The fourth-order valence-corrected chi connectivity index (χ4v) is 1.95. The molecule has 0 heterocycles. The molecule has 0 aliphatic rings. The van der Waals surface area contributed by atoms with Gasteiger partial charge in [-0.3, -0.25) is 9.59 Å². The fourth-order valence-electron chi connectivity index (χ4n) is 1.95. The van der Waals surface area contributed by atoms with Gasteiger partial charge in [0.15, 0.2) is 0 Å². The zero-order valence-corrected chi connectivity index (χ0v) is 12.6. The van der Waals surface area contributed by atoms with E-state index in [0.717, 1.165) is 11.3 Å². The average Bonchev–Trinajstić information content (AvgIpc) is 2.39. The minimum absolute atomic E-state index is 0.0180. The molecule has 110 valence electrons. The first kappa shape index (κ1) is 16.2. The van der Waals surface area contributed by atoms with Crippen LogP contribution in [0.1, 0.15) is 32.8 Å². The highest BCUT2D eigenvalue weighted by molar-refractivity contribution is 5.96. The Morgan fingerprint density at radius 1 is 1.20 bits per heavy atom. The van der Waals surface area contributed by atoms with Crippen LogP contribution in [-0.4, -0.2) is 23.5 Å². The number of aryl methyl sites for hydroxylation is 1. The number of nitrogens with zero attached hydrogens (tertiary/aromatic N) is 1. The molecule has 1 rings (SSSR count). The minimum atomic E-state index is -0.895. The van der Waals surface area contributed by atoms with E-state index in [1.807, 2.05) is 52.0 Å². The van der Waals surface area contributed by atoms with E-state index in [4.69, 9.17) is 5.11 Å². The lowest BCUT2D eigenvalue weighted by atomic mass is 9.96. The second-order valence-electron chi connectivity index (χ2n) is 5.45. The van der Waals surface area contributed by atoms with Crippen LogP contribution in [0.15, 0.2) is 24.3 Å². The van der Waals surface area contributed by atoms with Crippen molar-refractivity contribution in [3.63, 3.8) is 0 Å². The lowest BCUT2D eigenvalue weighted by Gasteiger charge is -2.28. The van der Waals surface area contributed by atoms with Crippen LogP contribution < -0.4 is 4.90 Å². The van der Waals surface area contributed by atoms with Gasteiger partial charge in [0.25, 0.3) is 0 Å². The van der Waals surface area contributed by atoms with Crippen molar-refractivity contribution >= 4 is 17.6 Å². The van der Waals surface area contributed by atoms with Crippen molar-refractivity contribution in [1.29, 1.82) is 0 Å². The third-order valence-electron chi connectivity index (χ3n) is 3.61. The fraction of sp³-hybridized carbons (Fsp3) is 0.500. The summed E-state index contributed by atoms with van der Waals surface area (Å²) >= 11 is 0. The second-order valence-corrected chi connectivity index (χ2v) is 5.45. The van der Waals surface area contributed by atoms with Gasteiger partial charge in [0.2, 0.25) is 5.91 Å². The van der Waals surface area contributed by atoms with E-state index in [1.165, 1.54) is 0 Å². The maximum absolute atomic E-state index is 12.6. The Bertz CT molecular complexity index is 482. The summed E-state index contributed by atoms with van der Waals surface area (Å²) in [5.41, 5.74) is 1.77. The third kappa shape index (κ3) is 4.08. The summed E-state index contributed by atoms with van der Waals surface area (Å²) < 4.78 is 0. The predicted octanol–water partition coefficient (Wildman–Crippen LogP) is 3.09. The van der Waals surface area contributed by atoms with E-state index < -0.39 is 5.97 Å². The molecule has 0 aromatic heterocycles. The number of para-hydroxylation sites is 1. The van der Waals surface area contributed by atoms with Crippen LogP contribution in [0.3, 0.4) is 0 Å². The van der Waals surface area contributed by atoms with Crippen LogP contribution in [0, 0.1) is 18.8 Å². The molecule has 1 amide bonds. The van der Waals surface area contributed by atoms with Crippen molar-refractivity contribution in [3.05, 3.63) is 29.8 Å². The number of aliphatic carboxylic acids is 1. The Labute approximate surface area is 120 Å². The highest BCUT2D eigenvalue weighted by atomic mass is 16.4. The Balaban J connectivity index is 3.05. The van der Waals surface area contributed by atoms with Crippen molar-refractivity contribution in [2.45, 2.75) is 34.1 Å². The number of hydrogen-bond donors (Lipinski definition) is 1. The predicted molar refractivity (Wildman–Crippen MR) is 79.8 cm³/mol. The largest absolute Gasteiger partial charge is 0.481 e. The van der Waals surface area contributed by atoms with Crippen molar-refractivity contribution in [2.24, 2.45) is 11.8 Å². The van der Waals surface area contributed by atoms with Gasteiger partial charge in [-0.05, 0) is 24.5 Å². The number of benzene rings is 1. The smallest absolute Gasteiger partial charge is 0.305 e. The molecule has 1 N–H and O–H groups in total. The minimum Gasteiger partial charge on any atom is -0.481 e. The van der Waals surface area contributed by atoms with E-state index >= 15 is 0 Å². The molecular formula is C16H23NO3. The molecule has 1 unspecified atom stereocenters. The quantitative estimate of drug-likeness (QED) is 0.869. The molecule has 4 heteroatoms. The van der Waals surface area contributed by atoms with Crippen LogP contribution in [0.5, 0.6) is 0 Å². The average molecular weight is 277 g/mol. The number of hydrogen-bond acceptors (Lipinski definition) is 2. The summed E-state index contributed by atoms with van der Waals surface area (Å²) in [5.74, 6) is -0.827. The van der Waals surface area contributed by atoms with E-state index in [0.29, 0.717) is 0 Å². The first-order chi connectivity index (χ1) is 9.34. The molecule has 0 aliphatic heterocycles. The lowest BCUT2D eigenvalue weighted by Crippen LogP contribution is -2.39. The molecule has 4 nitrogen and oxygen atoms in total. The number of carbonyl (C=O) groups is 2. The zero-order valence-electron chi connectivity index (χ0n) is 12.6. The summed E-state index contributed by atoms with van der Waals surface area (Å²) in [7, 11) is 0. The van der Waals surface area contributed by atoms with Gasteiger partial charge in [0.1, 0.15) is 0 Å². The molecule has 0 bridgehead atoms. The molecule has 0 fully saturated rings. The van der Waals surface area contributed by atoms with E-state index in [9.17, 15) is 9.59 Å². The molecule has 1 atom stereocenters. The Morgan fingerprint density at radius 2 is 1.80 bits per heavy atom. The van der Waals surface area contributed by atoms with E-state index in [-0.39, 0.29) is 30.7 Å². The van der Waals surface area contributed by atoms with Crippen molar-refractivity contribution in [3.8, 4) is 0 Å². The van der Waals surface area contributed by atoms with Gasteiger partial charge in [-0.15, -0.1) is 0 Å². The maximum atomic E-state index is 12.6. The van der Waals surface area contributed by atoms with Gasteiger partial charge in [0, 0.05) is 18.2 Å². The molecule has 0 saturated heterocycles.